The highest BCUT2D eigenvalue weighted by atomic mass is 79.9. The van der Waals surface area contributed by atoms with Gasteiger partial charge >= 0.3 is 0 Å². The maximum atomic E-state index is 14.0. The van der Waals surface area contributed by atoms with Crippen molar-refractivity contribution in [2.75, 3.05) is 6.54 Å². The van der Waals surface area contributed by atoms with Gasteiger partial charge in [0.2, 0.25) is 0 Å². The van der Waals surface area contributed by atoms with E-state index in [1.165, 1.54) is 6.07 Å². The summed E-state index contributed by atoms with van der Waals surface area (Å²) in [4.78, 5) is 0. The Labute approximate surface area is 126 Å². The van der Waals surface area contributed by atoms with Crippen molar-refractivity contribution in [1.82, 2.24) is 5.32 Å². The van der Waals surface area contributed by atoms with Gasteiger partial charge in [0.1, 0.15) is 5.82 Å². The first-order chi connectivity index (χ1) is 9.16. The summed E-state index contributed by atoms with van der Waals surface area (Å²) in [5, 5.41) is 22.1. The van der Waals surface area contributed by atoms with Crippen LogP contribution in [0.1, 0.15) is 22.6 Å². The molecule has 2 aromatic rings. The molecule has 1 unspecified atom stereocenters. The fraction of sp³-hybridized carbons (Fsp3) is 0.200. The van der Waals surface area contributed by atoms with Crippen molar-refractivity contribution in [2.45, 2.75) is 12.5 Å². The molecule has 1 aliphatic heterocycles. The maximum absolute atomic E-state index is 14.0. The first-order valence-electron chi connectivity index (χ1n) is 6.16. The predicted octanol–water partition coefficient (Wildman–Crippen LogP) is 3.05. The minimum absolute atomic E-state index is 0. The molecule has 3 nitrogen and oxygen atoms in total. The van der Waals surface area contributed by atoms with E-state index < -0.39 is 11.6 Å². The van der Waals surface area contributed by atoms with Gasteiger partial charge in [-0.3, -0.25) is 0 Å². The number of phenolic OH excluding ortho intramolecular Hbond substituents is 2. The summed E-state index contributed by atoms with van der Waals surface area (Å²) < 4.78 is 14.0. The standard InChI is InChI=1S/C15H14FNO2.BrH/c16-13-6-15(19)14(18)5-11(13)12-8-17-7-9-3-1-2-4-10(9)12;/h1-6,12,17-19H,7-8H2;1H. The average molecular weight is 340 g/mol. The van der Waals surface area contributed by atoms with E-state index in [9.17, 15) is 14.6 Å². The van der Waals surface area contributed by atoms with Crippen LogP contribution in [-0.4, -0.2) is 16.8 Å². The quantitative estimate of drug-likeness (QED) is 0.700. The van der Waals surface area contributed by atoms with Crippen LogP contribution in [0.25, 0.3) is 0 Å². The third-order valence-electron chi connectivity index (χ3n) is 3.56. The predicted molar refractivity (Wildman–Crippen MR) is 80.0 cm³/mol. The second-order valence-electron chi connectivity index (χ2n) is 4.74. The Morgan fingerprint density at radius 3 is 2.55 bits per heavy atom. The number of phenols is 2. The molecule has 0 saturated heterocycles. The molecule has 1 atom stereocenters. The highest BCUT2D eigenvalue weighted by molar-refractivity contribution is 8.93. The lowest BCUT2D eigenvalue weighted by Gasteiger charge is -2.27. The Morgan fingerprint density at radius 1 is 1.05 bits per heavy atom. The molecule has 0 fully saturated rings. The zero-order valence-electron chi connectivity index (χ0n) is 10.6. The van der Waals surface area contributed by atoms with Crippen LogP contribution in [-0.2, 0) is 6.54 Å². The van der Waals surface area contributed by atoms with Crippen molar-refractivity contribution in [3.05, 3.63) is 58.9 Å². The van der Waals surface area contributed by atoms with Crippen molar-refractivity contribution in [3.8, 4) is 11.5 Å². The zero-order valence-corrected chi connectivity index (χ0v) is 12.3. The second-order valence-corrected chi connectivity index (χ2v) is 4.74. The summed E-state index contributed by atoms with van der Waals surface area (Å²) in [6.07, 6.45) is 0. The van der Waals surface area contributed by atoms with Gasteiger partial charge in [0, 0.05) is 30.6 Å². The number of fused-ring (bicyclic) bond motifs is 1. The zero-order chi connectivity index (χ0) is 13.4. The van der Waals surface area contributed by atoms with Gasteiger partial charge in [-0.2, -0.15) is 0 Å². The van der Waals surface area contributed by atoms with E-state index in [1.54, 1.807) is 0 Å². The lowest BCUT2D eigenvalue weighted by Crippen LogP contribution is -2.29. The third-order valence-corrected chi connectivity index (χ3v) is 3.56. The smallest absolute Gasteiger partial charge is 0.160 e. The molecule has 0 radical (unpaired) electrons. The monoisotopic (exact) mass is 339 g/mol. The summed E-state index contributed by atoms with van der Waals surface area (Å²) in [5.74, 6) is -1.38. The molecule has 3 rings (SSSR count). The summed E-state index contributed by atoms with van der Waals surface area (Å²) in [6.45, 7) is 1.37. The highest BCUT2D eigenvalue weighted by Gasteiger charge is 2.24. The van der Waals surface area contributed by atoms with Gasteiger partial charge in [-0.1, -0.05) is 24.3 Å². The summed E-state index contributed by atoms with van der Waals surface area (Å²) in [5.41, 5.74) is 2.59. The van der Waals surface area contributed by atoms with Crippen LogP contribution >= 0.6 is 17.0 Å². The Bertz CT molecular complexity index is 633. The molecule has 20 heavy (non-hydrogen) atoms. The third kappa shape index (κ3) is 2.51. The molecule has 0 aliphatic carbocycles. The molecule has 0 amide bonds. The first-order valence-corrected chi connectivity index (χ1v) is 6.16. The summed E-state index contributed by atoms with van der Waals surface area (Å²) in [7, 11) is 0. The molecular formula is C15H15BrFNO2. The van der Waals surface area contributed by atoms with E-state index in [-0.39, 0.29) is 28.6 Å². The van der Waals surface area contributed by atoms with Crippen molar-refractivity contribution in [2.24, 2.45) is 0 Å². The minimum atomic E-state index is -0.501. The normalized spacial score (nSPS) is 17.1. The maximum Gasteiger partial charge on any atom is 0.160 e. The fourth-order valence-corrected chi connectivity index (χ4v) is 2.61. The lowest BCUT2D eigenvalue weighted by atomic mass is 9.85. The number of hydrogen-bond donors (Lipinski definition) is 3. The van der Waals surface area contributed by atoms with Crippen molar-refractivity contribution >= 4 is 17.0 Å². The number of nitrogens with one attached hydrogen (secondary N) is 1. The number of benzene rings is 2. The van der Waals surface area contributed by atoms with Crippen molar-refractivity contribution in [3.63, 3.8) is 0 Å². The van der Waals surface area contributed by atoms with Crippen molar-refractivity contribution in [1.29, 1.82) is 0 Å². The Morgan fingerprint density at radius 2 is 1.75 bits per heavy atom. The SMILES string of the molecule is Br.Oc1cc(F)c(C2CNCc3ccccc32)cc1O. The Kier molecular flexibility index (Phi) is 4.30. The second kappa shape index (κ2) is 5.81. The first kappa shape index (κ1) is 14.8. The molecule has 5 heteroatoms. The molecule has 0 bridgehead atoms. The van der Waals surface area contributed by atoms with E-state index in [0.717, 1.165) is 23.7 Å². The Balaban J connectivity index is 0.00000147. The van der Waals surface area contributed by atoms with E-state index in [0.29, 0.717) is 12.1 Å². The molecule has 0 aromatic heterocycles. The Hall–Kier alpha value is -1.59. The van der Waals surface area contributed by atoms with E-state index in [1.807, 2.05) is 24.3 Å². The molecular weight excluding hydrogens is 325 g/mol. The van der Waals surface area contributed by atoms with Crippen LogP contribution in [0, 0.1) is 5.82 Å². The summed E-state index contributed by atoms with van der Waals surface area (Å²) in [6, 6.07) is 10.1. The molecule has 106 valence electrons. The van der Waals surface area contributed by atoms with Gasteiger partial charge in [0.15, 0.2) is 11.5 Å². The number of rotatable bonds is 1. The van der Waals surface area contributed by atoms with Crippen LogP contribution in [0.4, 0.5) is 4.39 Å². The van der Waals surface area contributed by atoms with Gasteiger partial charge in [0.05, 0.1) is 0 Å². The van der Waals surface area contributed by atoms with Crippen LogP contribution in [0.15, 0.2) is 36.4 Å². The fourth-order valence-electron chi connectivity index (χ4n) is 2.61. The van der Waals surface area contributed by atoms with Gasteiger partial charge in [0.25, 0.3) is 0 Å². The molecule has 1 aliphatic rings. The highest BCUT2D eigenvalue weighted by Crippen LogP contribution is 2.36. The van der Waals surface area contributed by atoms with Crippen LogP contribution in [0.2, 0.25) is 0 Å². The van der Waals surface area contributed by atoms with Crippen LogP contribution < -0.4 is 5.32 Å². The number of aromatic hydroxyl groups is 2. The van der Waals surface area contributed by atoms with Crippen LogP contribution in [0.5, 0.6) is 11.5 Å². The molecule has 0 saturated carbocycles. The molecule has 1 heterocycles. The van der Waals surface area contributed by atoms with Crippen molar-refractivity contribution < 1.29 is 14.6 Å². The van der Waals surface area contributed by atoms with Gasteiger partial charge in [-0.25, -0.2) is 4.39 Å². The van der Waals surface area contributed by atoms with Gasteiger partial charge in [-0.05, 0) is 17.2 Å². The largest absolute Gasteiger partial charge is 0.504 e. The summed E-state index contributed by atoms with van der Waals surface area (Å²) >= 11 is 0. The topological polar surface area (TPSA) is 52.5 Å². The average Bonchev–Trinajstić information content (AvgIpc) is 2.42. The van der Waals surface area contributed by atoms with Gasteiger partial charge in [-0.15, -0.1) is 17.0 Å². The molecule has 3 N–H and O–H groups in total. The number of hydrogen-bond acceptors (Lipinski definition) is 3. The van der Waals surface area contributed by atoms with E-state index in [4.69, 9.17) is 0 Å². The lowest BCUT2D eigenvalue weighted by molar-refractivity contribution is 0.397. The van der Waals surface area contributed by atoms with Gasteiger partial charge < -0.3 is 15.5 Å². The minimum Gasteiger partial charge on any atom is -0.504 e. The number of halogens is 2. The van der Waals surface area contributed by atoms with Crippen LogP contribution in [0.3, 0.4) is 0 Å². The molecule has 0 spiro atoms. The molecule has 2 aromatic carbocycles. The van der Waals surface area contributed by atoms with E-state index >= 15 is 0 Å². The van der Waals surface area contributed by atoms with E-state index in [2.05, 4.69) is 5.32 Å².